The van der Waals surface area contributed by atoms with Gasteiger partial charge in [0.1, 0.15) is 0 Å². The van der Waals surface area contributed by atoms with Crippen LogP contribution in [0.3, 0.4) is 0 Å². The average molecular weight is 224 g/mol. The maximum Gasteiger partial charge on any atom is 0.0979 e. The van der Waals surface area contributed by atoms with Gasteiger partial charge in [-0.15, -0.1) is 0 Å². The Balaban J connectivity index is 2.34. The zero-order chi connectivity index (χ0) is 11.8. The topological polar surface area (TPSA) is 56.7 Å². The lowest BCUT2D eigenvalue weighted by Gasteiger charge is -2.07. The summed E-state index contributed by atoms with van der Waals surface area (Å²) < 4.78 is 1.82. The SMILES string of the molecule is Cc1cnn(-c2ccc(N)c3cccnc23)c1. The van der Waals surface area contributed by atoms with Crippen LogP contribution in [0.5, 0.6) is 0 Å². The number of nitrogen functional groups attached to an aromatic ring is 1. The van der Waals surface area contributed by atoms with Gasteiger partial charge < -0.3 is 5.73 Å². The third-order valence-corrected chi connectivity index (χ3v) is 2.74. The minimum absolute atomic E-state index is 0.737. The van der Waals surface area contributed by atoms with E-state index in [9.17, 15) is 0 Å². The number of hydrogen-bond donors (Lipinski definition) is 1. The second-order valence-electron chi connectivity index (χ2n) is 4.04. The molecule has 0 unspecified atom stereocenters. The van der Waals surface area contributed by atoms with Crippen molar-refractivity contribution in [3.63, 3.8) is 0 Å². The molecule has 0 bridgehead atoms. The quantitative estimate of drug-likeness (QED) is 0.645. The molecular formula is C13H12N4. The first-order chi connectivity index (χ1) is 8.25. The van der Waals surface area contributed by atoms with Crippen LogP contribution in [0.25, 0.3) is 16.6 Å². The van der Waals surface area contributed by atoms with Crippen molar-refractivity contribution in [3.05, 3.63) is 48.4 Å². The fourth-order valence-electron chi connectivity index (χ4n) is 1.91. The zero-order valence-corrected chi connectivity index (χ0v) is 9.46. The van der Waals surface area contributed by atoms with Gasteiger partial charge in [0.05, 0.1) is 17.4 Å². The van der Waals surface area contributed by atoms with Crippen molar-refractivity contribution in [2.75, 3.05) is 5.73 Å². The highest BCUT2D eigenvalue weighted by atomic mass is 15.3. The van der Waals surface area contributed by atoms with Gasteiger partial charge in [0.2, 0.25) is 0 Å². The minimum Gasteiger partial charge on any atom is -0.398 e. The molecule has 0 saturated carbocycles. The Hall–Kier alpha value is -2.36. The standard InChI is InChI=1S/C13H12N4/c1-9-7-16-17(8-9)12-5-4-11(14)10-3-2-6-15-13(10)12/h2-8H,14H2,1H3. The molecule has 3 rings (SSSR count). The van der Waals surface area contributed by atoms with E-state index in [4.69, 9.17) is 5.73 Å². The number of pyridine rings is 1. The van der Waals surface area contributed by atoms with Crippen LogP contribution < -0.4 is 5.73 Å². The first-order valence-electron chi connectivity index (χ1n) is 5.40. The number of nitrogens with two attached hydrogens (primary N) is 1. The van der Waals surface area contributed by atoms with Gasteiger partial charge >= 0.3 is 0 Å². The highest BCUT2D eigenvalue weighted by molar-refractivity contribution is 5.95. The molecule has 2 N–H and O–H groups in total. The number of aryl methyl sites for hydroxylation is 1. The van der Waals surface area contributed by atoms with Crippen molar-refractivity contribution in [2.24, 2.45) is 0 Å². The molecule has 3 aromatic rings. The molecule has 4 nitrogen and oxygen atoms in total. The predicted molar refractivity (Wildman–Crippen MR) is 68.0 cm³/mol. The number of benzene rings is 1. The van der Waals surface area contributed by atoms with Crippen molar-refractivity contribution in [1.82, 2.24) is 14.8 Å². The maximum atomic E-state index is 5.94. The van der Waals surface area contributed by atoms with Crippen LogP contribution in [-0.4, -0.2) is 14.8 Å². The van der Waals surface area contributed by atoms with Gasteiger partial charge in [0.25, 0.3) is 0 Å². The fourth-order valence-corrected chi connectivity index (χ4v) is 1.91. The van der Waals surface area contributed by atoms with Crippen molar-refractivity contribution < 1.29 is 0 Å². The van der Waals surface area contributed by atoms with E-state index in [2.05, 4.69) is 10.1 Å². The predicted octanol–water partition coefficient (Wildman–Crippen LogP) is 2.31. The lowest BCUT2D eigenvalue weighted by Crippen LogP contribution is -1.98. The summed E-state index contributed by atoms with van der Waals surface area (Å²) in [5, 5.41) is 5.26. The molecule has 0 spiro atoms. The molecule has 2 aromatic heterocycles. The Kier molecular flexibility index (Phi) is 2.08. The number of rotatable bonds is 1. The van der Waals surface area contributed by atoms with Crippen LogP contribution in [0.2, 0.25) is 0 Å². The highest BCUT2D eigenvalue weighted by Crippen LogP contribution is 2.24. The monoisotopic (exact) mass is 224 g/mol. The third kappa shape index (κ3) is 1.54. The molecule has 1 aromatic carbocycles. The molecule has 0 fully saturated rings. The van der Waals surface area contributed by atoms with Gasteiger partial charge in [-0.25, -0.2) is 4.68 Å². The van der Waals surface area contributed by atoms with Crippen LogP contribution >= 0.6 is 0 Å². The summed E-state index contributed by atoms with van der Waals surface area (Å²) >= 11 is 0. The second-order valence-corrected chi connectivity index (χ2v) is 4.04. The molecule has 2 heterocycles. The maximum absolute atomic E-state index is 5.94. The summed E-state index contributed by atoms with van der Waals surface area (Å²) in [7, 11) is 0. The molecule has 4 heteroatoms. The Labute approximate surface area is 98.7 Å². The van der Waals surface area contributed by atoms with Crippen LogP contribution in [0.1, 0.15) is 5.56 Å². The van der Waals surface area contributed by atoms with E-state index in [1.54, 1.807) is 6.20 Å². The van der Waals surface area contributed by atoms with Gasteiger partial charge in [-0.1, -0.05) is 0 Å². The van der Waals surface area contributed by atoms with Gasteiger partial charge in [-0.05, 0) is 36.8 Å². The summed E-state index contributed by atoms with van der Waals surface area (Å²) in [6.45, 7) is 2.01. The van der Waals surface area contributed by atoms with Crippen LogP contribution in [0.15, 0.2) is 42.9 Å². The van der Waals surface area contributed by atoms with E-state index in [0.717, 1.165) is 27.8 Å². The molecular weight excluding hydrogens is 212 g/mol. The Morgan fingerprint density at radius 2 is 2.12 bits per heavy atom. The van der Waals surface area contributed by atoms with Gasteiger partial charge in [-0.3, -0.25) is 4.98 Å². The zero-order valence-electron chi connectivity index (χ0n) is 9.46. The molecule has 0 amide bonds. The highest BCUT2D eigenvalue weighted by Gasteiger charge is 2.07. The Bertz CT molecular complexity index is 685. The van der Waals surface area contributed by atoms with E-state index in [0.29, 0.717) is 0 Å². The average Bonchev–Trinajstić information content (AvgIpc) is 2.77. The molecule has 0 radical (unpaired) electrons. The van der Waals surface area contributed by atoms with Crippen molar-refractivity contribution in [1.29, 1.82) is 0 Å². The number of nitrogens with zero attached hydrogens (tertiary/aromatic N) is 3. The fraction of sp³-hybridized carbons (Fsp3) is 0.0769. The minimum atomic E-state index is 0.737. The van der Waals surface area contributed by atoms with Crippen LogP contribution in [0.4, 0.5) is 5.69 Å². The van der Waals surface area contributed by atoms with Crippen molar-refractivity contribution >= 4 is 16.6 Å². The Morgan fingerprint density at radius 3 is 2.88 bits per heavy atom. The third-order valence-electron chi connectivity index (χ3n) is 2.74. The summed E-state index contributed by atoms with van der Waals surface area (Å²) in [4.78, 5) is 4.39. The van der Waals surface area contributed by atoms with Gasteiger partial charge in [0.15, 0.2) is 0 Å². The van der Waals surface area contributed by atoms with E-state index < -0.39 is 0 Å². The largest absolute Gasteiger partial charge is 0.398 e. The molecule has 0 aliphatic carbocycles. The lowest BCUT2D eigenvalue weighted by atomic mass is 10.1. The summed E-state index contributed by atoms with van der Waals surface area (Å²) in [5.41, 5.74) is 9.61. The molecule has 0 aliphatic rings. The van der Waals surface area contributed by atoms with Crippen molar-refractivity contribution in [2.45, 2.75) is 6.92 Å². The lowest BCUT2D eigenvalue weighted by molar-refractivity contribution is 0.885. The van der Waals surface area contributed by atoms with E-state index >= 15 is 0 Å². The van der Waals surface area contributed by atoms with Crippen LogP contribution in [-0.2, 0) is 0 Å². The number of aromatic nitrogens is 3. The summed E-state index contributed by atoms with van der Waals surface area (Å²) in [5.74, 6) is 0. The van der Waals surface area contributed by atoms with Gasteiger partial charge in [-0.2, -0.15) is 5.10 Å². The van der Waals surface area contributed by atoms with E-state index in [1.807, 2.05) is 48.3 Å². The first kappa shape index (κ1) is 9.84. The van der Waals surface area contributed by atoms with Crippen LogP contribution in [0, 0.1) is 6.92 Å². The molecule has 17 heavy (non-hydrogen) atoms. The van der Waals surface area contributed by atoms with E-state index in [-0.39, 0.29) is 0 Å². The number of anilines is 1. The second kappa shape index (κ2) is 3.59. The molecule has 0 atom stereocenters. The number of hydrogen-bond acceptors (Lipinski definition) is 3. The smallest absolute Gasteiger partial charge is 0.0979 e. The number of fused-ring (bicyclic) bond motifs is 1. The summed E-state index contributed by atoms with van der Waals surface area (Å²) in [6.07, 6.45) is 5.56. The molecule has 0 aliphatic heterocycles. The summed E-state index contributed by atoms with van der Waals surface area (Å²) in [6, 6.07) is 7.68. The van der Waals surface area contributed by atoms with E-state index in [1.165, 1.54) is 0 Å². The normalized spacial score (nSPS) is 10.9. The molecule has 0 saturated heterocycles. The first-order valence-corrected chi connectivity index (χ1v) is 5.40. The Morgan fingerprint density at radius 1 is 1.24 bits per heavy atom. The van der Waals surface area contributed by atoms with Gasteiger partial charge in [0, 0.05) is 23.5 Å². The van der Waals surface area contributed by atoms with Crippen molar-refractivity contribution in [3.8, 4) is 5.69 Å². The molecule has 84 valence electrons.